The van der Waals surface area contributed by atoms with E-state index in [0.717, 1.165) is 42.9 Å². The maximum atomic E-state index is 13.2. The Kier molecular flexibility index (Phi) is 13.2. The normalized spacial score (nSPS) is 11.0. The average molecular weight is 473 g/mol. The number of allylic oxidation sites excluding steroid dienone is 3. The molecule has 178 valence electrons. The number of hydrogen-bond acceptors (Lipinski definition) is 4. The molecule has 1 heterocycles. The number of nitrogens with zero attached hydrogens (tertiary/aromatic N) is 1. The molecule has 5 nitrogen and oxygen atoms in total. The first-order valence-corrected chi connectivity index (χ1v) is 11.8. The van der Waals surface area contributed by atoms with Gasteiger partial charge < -0.3 is 19.8 Å². The van der Waals surface area contributed by atoms with Crippen molar-refractivity contribution in [1.29, 1.82) is 0 Å². The zero-order valence-corrected chi connectivity index (χ0v) is 23.7. The maximum absolute atomic E-state index is 13.2. The first-order chi connectivity index (χ1) is 15.7. The van der Waals surface area contributed by atoms with Gasteiger partial charge in [-0.15, -0.1) is 0 Å². The van der Waals surface area contributed by atoms with Crippen LogP contribution in [0, 0.1) is 0 Å². The van der Waals surface area contributed by atoms with Gasteiger partial charge in [0, 0.05) is 47.8 Å². The second kappa shape index (κ2) is 15.0. The molecule has 1 aromatic carbocycles. The maximum Gasteiger partial charge on any atom is 1.00 e. The minimum atomic E-state index is -1.04. The predicted octanol–water partition coefficient (Wildman–Crippen LogP) is 2.00. The third-order valence-corrected chi connectivity index (χ3v) is 5.85. The zero-order valence-electron chi connectivity index (χ0n) is 21.7. The van der Waals surface area contributed by atoms with Crippen LogP contribution >= 0.6 is 0 Å². The van der Waals surface area contributed by atoms with E-state index in [2.05, 4.69) is 38.2 Å². The summed E-state index contributed by atoms with van der Waals surface area (Å²) in [5.41, 5.74) is 6.98. The van der Waals surface area contributed by atoms with Gasteiger partial charge >= 0.3 is 29.6 Å². The van der Waals surface area contributed by atoms with Crippen molar-refractivity contribution >= 4 is 17.4 Å². The molecule has 0 aliphatic heterocycles. The number of anilines is 1. The number of carboxylic acids is 1. The molecule has 6 heteroatoms. The van der Waals surface area contributed by atoms with Crippen LogP contribution < -0.4 is 40.0 Å². The molecule has 0 bridgehead atoms. The van der Waals surface area contributed by atoms with Gasteiger partial charge in [-0.25, -0.2) is 0 Å². The molecule has 0 amide bonds. The molecule has 1 N–H and O–H groups in total. The van der Waals surface area contributed by atoms with E-state index < -0.39 is 5.97 Å². The van der Waals surface area contributed by atoms with Crippen LogP contribution in [0.1, 0.15) is 80.7 Å². The van der Waals surface area contributed by atoms with Crippen molar-refractivity contribution in [3.63, 3.8) is 0 Å². The third kappa shape index (κ3) is 9.28. The van der Waals surface area contributed by atoms with Crippen LogP contribution in [0.3, 0.4) is 0 Å². The largest absolute Gasteiger partial charge is 1.00 e. The first kappa shape index (κ1) is 30.0. The standard InChI is InChI=1S/C28H38N2O3.Na/c1-6-26-25(19-24(30(26)5)11-8-12-27(31)32)28(33)22-13-15-23(16-14-22)29-18-17-21(4)10-7-9-20(2)3;/h9,13-17,19,29H,6-8,10-12,18H2,1-5H3,(H,31,32);/q;+1/p-1/b21-17+;. The molecule has 0 fully saturated rings. The number of ketones is 1. The minimum Gasteiger partial charge on any atom is -0.550 e. The first-order valence-electron chi connectivity index (χ1n) is 11.8. The molecule has 2 aromatic rings. The van der Waals surface area contributed by atoms with Crippen molar-refractivity contribution < 1.29 is 44.3 Å². The smallest absolute Gasteiger partial charge is 0.550 e. The third-order valence-electron chi connectivity index (χ3n) is 5.85. The number of aromatic nitrogens is 1. The van der Waals surface area contributed by atoms with Gasteiger partial charge in [-0.05, 0) is 89.6 Å². The molecule has 0 saturated carbocycles. The molecular formula is C28H37N2NaO3. The number of hydrogen-bond donors (Lipinski definition) is 1. The summed E-state index contributed by atoms with van der Waals surface area (Å²) >= 11 is 0. The Hall–Kier alpha value is -2.08. The summed E-state index contributed by atoms with van der Waals surface area (Å²) < 4.78 is 2.02. The molecular weight excluding hydrogens is 435 g/mol. The van der Waals surface area contributed by atoms with Gasteiger partial charge in [0.2, 0.25) is 0 Å². The van der Waals surface area contributed by atoms with Gasteiger partial charge in [-0.1, -0.05) is 30.2 Å². The number of nitrogens with one attached hydrogen (secondary N) is 1. The number of carboxylic acid groups (broad SMARTS) is 1. The quantitative estimate of drug-likeness (QED) is 0.275. The van der Waals surface area contributed by atoms with Crippen molar-refractivity contribution in [1.82, 2.24) is 4.57 Å². The monoisotopic (exact) mass is 472 g/mol. The summed E-state index contributed by atoms with van der Waals surface area (Å²) in [6.45, 7) is 9.17. The number of carbonyl (C=O) groups is 2. The van der Waals surface area contributed by atoms with E-state index >= 15 is 0 Å². The molecule has 1 aromatic heterocycles. The van der Waals surface area contributed by atoms with E-state index in [1.54, 1.807) is 0 Å². The second-order valence-corrected chi connectivity index (χ2v) is 8.79. The Bertz CT molecular complexity index is 1010. The summed E-state index contributed by atoms with van der Waals surface area (Å²) in [4.78, 5) is 23.9. The van der Waals surface area contributed by atoms with Crippen LogP contribution in [-0.2, 0) is 24.7 Å². The van der Waals surface area contributed by atoms with Crippen molar-refractivity contribution in [3.8, 4) is 0 Å². The van der Waals surface area contributed by atoms with Crippen LogP contribution in [-0.4, -0.2) is 22.9 Å². The van der Waals surface area contributed by atoms with E-state index in [0.29, 0.717) is 24.0 Å². The summed E-state index contributed by atoms with van der Waals surface area (Å²) in [5, 5.41) is 14.1. The van der Waals surface area contributed by atoms with E-state index in [4.69, 9.17) is 0 Å². The molecule has 0 unspecified atom stereocenters. The summed E-state index contributed by atoms with van der Waals surface area (Å²) in [6, 6.07) is 9.51. The van der Waals surface area contributed by atoms with Gasteiger partial charge in [-0.3, -0.25) is 4.79 Å². The molecule has 0 saturated heterocycles. The van der Waals surface area contributed by atoms with Crippen LogP contribution in [0.5, 0.6) is 0 Å². The summed E-state index contributed by atoms with van der Waals surface area (Å²) in [6.07, 6.45) is 8.46. The topological polar surface area (TPSA) is 74.2 Å². The number of aryl methyl sites for hydroxylation is 1. The van der Waals surface area contributed by atoms with Crippen LogP contribution in [0.4, 0.5) is 5.69 Å². The van der Waals surface area contributed by atoms with Crippen molar-refractivity contribution in [3.05, 3.63) is 76.1 Å². The van der Waals surface area contributed by atoms with E-state index in [1.807, 2.05) is 48.9 Å². The van der Waals surface area contributed by atoms with Gasteiger partial charge in [0.25, 0.3) is 0 Å². The second-order valence-electron chi connectivity index (χ2n) is 8.79. The SMILES string of the molecule is CCc1c(C(=O)c2ccc(NC/C=C(\C)CCC=C(C)C)cc2)cc(CCCC(=O)[O-])n1C.[Na+]. The fourth-order valence-electron chi connectivity index (χ4n) is 3.91. The fourth-order valence-corrected chi connectivity index (χ4v) is 3.91. The number of aliphatic carboxylic acids is 1. The Morgan fingerprint density at radius 1 is 1.06 bits per heavy atom. The molecule has 2 rings (SSSR count). The predicted molar refractivity (Wildman–Crippen MR) is 134 cm³/mol. The Labute approximate surface area is 226 Å². The summed E-state index contributed by atoms with van der Waals surface area (Å²) in [5.74, 6) is -1.05. The molecule has 0 atom stereocenters. The number of rotatable bonds is 13. The molecule has 0 radical (unpaired) electrons. The Morgan fingerprint density at radius 3 is 2.32 bits per heavy atom. The van der Waals surface area contributed by atoms with Crippen LogP contribution in [0.25, 0.3) is 0 Å². The summed E-state index contributed by atoms with van der Waals surface area (Å²) in [7, 11) is 1.94. The minimum absolute atomic E-state index is 0. The van der Waals surface area contributed by atoms with Gasteiger partial charge in [-0.2, -0.15) is 0 Å². The molecule has 0 aliphatic rings. The van der Waals surface area contributed by atoms with Gasteiger partial charge in [0.1, 0.15) is 0 Å². The van der Waals surface area contributed by atoms with Gasteiger partial charge in [0.05, 0.1) is 0 Å². The molecule has 0 spiro atoms. The molecule has 0 aliphatic carbocycles. The van der Waals surface area contributed by atoms with Crippen molar-refractivity contribution in [2.45, 2.75) is 66.2 Å². The van der Waals surface area contributed by atoms with E-state index in [-0.39, 0.29) is 41.8 Å². The Morgan fingerprint density at radius 2 is 1.74 bits per heavy atom. The fraction of sp³-hybridized carbons (Fsp3) is 0.429. The van der Waals surface area contributed by atoms with Crippen molar-refractivity contribution in [2.24, 2.45) is 7.05 Å². The van der Waals surface area contributed by atoms with Gasteiger partial charge in [0.15, 0.2) is 5.78 Å². The average Bonchev–Trinajstić information content (AvgIpc) is 3.08. The Balaban J connectivity index is 0.00000578. The zero-order chi connectivity index (χ0) is 24.4. The van der Waals surface area contributed by atoms with Crippen LogP contribution in [0.15, 0.2) is 53.6 Å². The number of carbonyl (C=O) groups excluding carboxylic acids is 2. The molecule has 34 heavy (non-hydrogen) atoms. The van der Waals surface area contributed by atoms with Crippen LogP contribution in [0.2, 0.25) is 0 Å². The van der Waals surface area contributed by atoms with Crippen molar-refractivity contribution in [2.75, 3.05) is 11.9 Å². The van der Waals surface area contributed by atoms with E-state index in [1.165, 1.54) is 11.1 Å². The number of benzene rings is 1. The van der Waals surface area contributed by atoms with E-state index in [9.17, 15) is 14.7 Å².